The first kappa shape index (κ1) is 19.8. The van der Waals surface area contributed by atoms with Gasteiger partial charge < -0.3 is 14.5 Å². The number of halogens is 1. The standard InChI is InChI=1S/C21H29FN2O3/c1-23(2)19(25)14-17-6-11-27-21(15-17)7-9-24(10-8-21)20(26)13-16-4-3-5-18(22)12-16/h3-5,12,17H,6-11,13-15H2,1-2H3. The van der Waals surface area contributed by atoms with Gasteiger partial charge in [-0.05, 0) is 49.3 Å². The summed E-state index contributed by atoms with van der Waals surface area (Å²) in [6.07, 6.45) is 4.21. The van der Waals surface area contributed by atoms with Crippen LogP contribution in [0.25, 0.3) is 0 Å². The normalized spacial score (nSPS) is 21.9. The van der Waals surface area contributed by atoms with Crippen molar-refractivity contribution in [2.45, 2.75) is 44.1 Å². The smallest absolute Gasteiger partial charge is 0.226 e. The Kier molecular flexibility index (Phi) is 6.15. The molecule has 2 aliphatic rings. The first-order valence-electron chi connectivity index (χ1n) is 9.73. The van der Waals surface area contributed by atoms with E-state index in [1.165, 1.54) is 12.1 Å². The molecule has 3 rings (SSSR count). The average Bonchev–Trinajstić information content (AvgIpc) is 2.62. The number of likely N-dealkylation sites (tertiary alicyclic amines) is 1. The first-order chi connectivity index (χ1) is 12.9. The second-order valence-corrected chi connectivity index (χ2v) is 8.07. The zero-order chi connectivity index (χ0) is 19.4. The Morgan fingerprint density at radius 2 is 2.04 bits per heavy atom. The molecule has 5 nitrogen and oxygen atoms in total. The van der Waals surface area contributed by atoms with Gasteiger partial charge in [-0.25, -0.2) is 4.39 Å². The number of nitrogens with zero attached hydrogens (tertiary/aromatic N) is 2. The van der Waals surface area contributed by atoms with Crippen molar-refractivity contribution in [2.75, 3.05) is 33.8 Å². The minimum absolute atomic E-state index is 0.0330. The average molecular weight is 376 g/mol. The fourth-order valence-corrected chi connectivity index (χ4v) is 4.18. The first-order valence-corrected chi connectivity index (χ1v) is 9.73. The number of hydrogen-bond donors (Lipinski definition) is 0. The Labute approximate surface area is 160 Å². The van der Waals surface area contributed by atoms with Crippen molar-refractivity contribution in [2.24, 2.45) is 5.92 Å². The maximum absolute atomic E-state index is 13.3. The van der Waals surface area contributed by atoms with E-state index < -0.39 is 0 Å². The van der Waals surface area contributed by atoms with Gasteiger partial charge in [-0.3, -0.25) is 9.59 Å². The maximum atomic E-state index is 13.3. The highest BCUT2D eigenvalue weighted by Gasteiger charge is 2.41. The summed E-state index contributed by atoms with van der Waals surface area (Å²) < 4.78 is 19.4. The Bertz CT molecular complexity index is 684. The molecule has 1 spiro atoms. The summed E-state index contributed by atoms with van der Waals surface area (Å²) in [7, 11) is 3.58. The zero-order valence-corrected chi connectivity index (χ0v) is 16.2. The van der Waals surface area contributed by atoms with Crippen LogP contribution in [-0.2, 0) is 20.7 Å². The summed E-state index contributed by atoms with van der Waals surface area (Å²) in [5.74, 6) is 0.236. The second kappa shape index (κ2) is 8.38. The maximum Gasteiger partial charge on any atom is 0.226 e. The number of amides is 2. The van der Waals surface area contributed by atoms with Crippen LogP contribution in [0.4, 0.5) is 4.39 Å². The van der Waals surface area contributed by atoms with Crippen molar-refractivity contribution in [3.63, 3.8) is 0 Å². The monoisotopic (exact) mass is 376 g/mol. The Balaban J connectivity index is 1.53. The Morgan fingerprint density at radius 1 is 1.30 bits per heavy atom. The van der Waals surface area contributed by atoms with Crippen molar-refractivity contribution in [3.8, 4) is 0 Å². The highest BCUT2D eigenvalue weighted by molar-refractivity contribution is 5.79. The lowest BCUT2D eigenvalue weighted by molar-refractivity contribution is -0.149. The van der Waals surface area contributed by atoms with Crippen molar-refractivity contribution in [1.29, 1.82) is 0 Å². The molecule has 1 unspecified atom stereocenters. The van der Waals surface area contributed by atoms with Crippen LogP contribution in [0, 0.1) is 11.7 Å². The molecule has 0 bridgehead atoms. The molecule has 2 fully saturated rings. The van der Waals surface area contributed by atoms with Crippen LogP contribution in [-0.4, -0.2) is 61.0 Å². The van der Waals surface area contributed by atoms with E-state index in [0.29, 0.717) is 37.6 Å². The molecule has 1 aromatic rings. The number of rotatable bonds is 4. The van der Waals surface area contributed by atoms with E-state index in [1.54, 1.807) is 31.1 Å². The predicted molar refractivity (Wildman–Crippen MR) is 101 cm³/mol. The van der Waals surface area contributed by atoms with Crippen molar-refractivity contribution >= 4 is 11.8 Å². The van der Waals surface area contributed by atoms with E-state index in [0.717, 1.165) is 25.7 Å². The van der Waals surface area contributed by atoms with Crippen LogP contribution in [0.5, 0.6) is 0 Å². The quantitative estimate of drug-likeness (QED) is 0.812. The molecule has 2 amide bonds. The van der Waals surface area contributed by atoms with E-state index >= 15 is 0 Å². The molecular formula is C21H29FN2O3. The van der Waals surface area contributed by atoms with Gasteiger partial charge in [0.05, 0.1) is 12.0 Å². The lowest BCUT2D eigenvalue weighted by atomic mass is 9.78. The third-order valence-electron chi connectivity index (χ3n) is 5.83. The Hall–Kier alpha value is -1.95. The van der Waals surface area contributed by atoms with E-state index in [4.69, 9.17) is 4.74 Å². The van der Waals surface area contributed by atoms with Crippen LogP contribution < -0.4 is 0 Å². The summed E-state index contributed by atoms with van der Waals surface area (Å²) in [5, 5.41) is 0. The topological polar surface area (TPSA) is 49.9 Å². The minimum Gasteiger partial charge on any atom is -0.375 e. The van der Waals surface area contributed by atoms with E-state index in [-0.39, 0.29) is 29.7 Å². The number of benzene rings is 1. The SMILES string of the molecule is CN(C)C(=O)CC1CCOC2(CCN(C(=O)Cc3cccc(F)c3)CC2)C1. The van der Waals surface area contributed by atoms with Crippen LogP contribution >= 0.6 is 0 Å². The molecule has 148 valence electrons. The molecule has 0 aliphatic carbocycles. The molecule has 2 aliphatic heterocycles. The number of hydrogen-bond acceptors (Lipinski definition) is 3. The summed E-state index contributed by atoms with van der Waals surface area (Å²) in [5.41, 5.74) is 0.502. The van der Waals surface area contributed by atoms with Crippen LogP contribution in [0.1, 0.15) is 37.7 Å². The molecule has 0 aromatic heterocycles. The van der Waals surface area contributed by atoms with Gasteiger partial charge in [0, 0.05) is 40.2 Å². The van der Waals surface area contributed by atoms with Gasteiger partial charge in [0.15, 0.2) is 0 Å². The van der Waals surface area contributed by atoms with Crippen LogP contribution in [0.2, 0.25) is 0 Å². The lowest BCUT2D eigenvalue weighted by Crippen LogP contribution is -2.51. The minimum atomic E-state index is -0.313. The summed E-state index contributed by atoms with van der Waals surface area (Å²) >= 11 is 0. The van der Waals surface area contributed by atoms with E-state index in [2.05, 4.69) is 0 Å². The molecule has 6 heteroatoms. The van der Waals surface area contributed by atoms with Crippen molar-refractivity contribution < 1.29 is 18.7 Å². The summed E-state index contributed by atoms with van der Waals surface area (Å²) in [6.45, 7) is 1.99. The molecule has 0 N–H and O–H groups in total. The van der Waals surface area contributed by atoms with Gasteiger partial charge >= 0.3 is 0 Å². The third-order valence-corrected chi connectivity index (χ3v) is 5.83. The third kappa shape index (κ3) is 5.06. The predicted octanol–water partition coefficient (Wildman–Crippen LogP) is 2.63. The second-order valence-electron chi connectivity index (χ2n) is 8.07. The molecule has 1 atom stereocenters. The van der Waals surface area contributed by atoms with E-state index in [1.807, 2.05) is 4.90 Å². The molecule has 27 heavy (non-hydrogen) atoms. The number of carbonyl (C=O) groups is 2. The lowest BCUT2D eigenvalue weighted by Gasteiger charge is -2.46. The fourth-order valence-electron chi connectivity index (χ4n) is 4.18. The van der Waals surface area contributed by atoms with Crippen molar-refractivity contribution in [1.82, 2.24) is 9.80 Å². The van der Waals surface area contributed by atoms with Gasteiger partial charge in [-0.2, -0.15) is 0 Å². The molecule has 0 saturated carbocycles. The van der Waals surface area contributed by atoms with Crippen molar-refractivity contribution in [3.05, 3.63) is 35.6 Å². The summed E-state index contributed by atoms with van der Waals surface area (Å²) in [4.78, 5) is 28.1. The molecule has 0 radical (unpaired) electrons. The zero-order valence-electron chi connectivity index (χ0n) is 16.2. The molecule has 1 aromatic carbocycles. The Morgan fingerprint density at radius 3 is 2.70 bits per heavy atom. The van der Waals surface area contributed by atoms with Gasteiger partial charge in [-0.15, -0.1) is 0 Å². The highest BCUT2D eigenvalue weighted by atomic mass is 19.1. The number of piperidine rings is 1. The van der Waals surface area contributed by atoms with Gasteiger partial charge in [0.1, 0.15) is 5.82 Å². The molecular weight excluding hydrogens is 347 g/mol. The van der Waals surface area contributed by atoms with E-state index in [9.17, 15) is 14.0 Å². The molecule has 2 saturated heterocycles. The fraction of sp³-hybridized carbons (Fsp3) is 0.619. The highest BCUT2D eigenvalue weighted by Crippen LogP contribution is 2.39. The van der Waals surface area contributed by atoms with Crippen LogP contribution in [0.15, 0.2) is 24.3 Å². The largest absolute Gasteiger partial charge is 0.375 e. The molecule has 2 heterocycles. The van der Waals surface area contributed by atoms with Crippen LogP contribution in [0.3, 0.4) is 0 Å². The van der Waals surface area contributed by atoms with Gasteiger partial charge in [0.25, 0.3) is 0 Å². The summed E-state index contributed by atoms with van der Waals surface area (Å²) in [6, 6.07) is 6.22. The van der Waals surface area contributed by atoms with Gasteiger partial charge in [-0.1, -0.05) is 12.1 Å². The number of ether oxygens (including phenoxy) is 1. The van der Waals surface area contributed by atoms with Gasteiger partial charge in [0.2, 0.25) is 11.8 Å². The number of carbonyl (C=O) groups excluding carboxylic acids is 2.